The Hall–Kier alpha value is -2.23. The van der Waals surface area contributed by atoms with Crippen molar-refractivity contribution in [3.8, 4) is 17.0 Å². The van der Waals surface area contributed by atoms with Gasteiger partial charge in [-0.25, -0.2) is 4.98 Å². The van der Waals surface area contributed by atoms with Crippen molar-refractivity contribution in [3.63, 3.8) is 0 Å². The van der Waals surface area contributed by atoms with Crippen molar-refractivity contribution in [2.24, 2.45) is 0 Å². The quantitative estimate of drug-likeness (QED) is 0.787. The number of nitrogens with zero attached hydrogens (tertiary/aromatic N) is 1. The summed E-state index contributed by atoms with van der Waals surface area (Å²) in [7, 11) is 0. The molecule has 0 amide bonds. The van der Waals surface area contributed by atoms with Crippen LogP contribution in [0.1, 0.15) is 5.82 Å². The average molecular weight is 227 g/mol. The van der Waals surface area contributed by atoms with Gasteiger partial charge in [0.05, 0.1) is 17.6 Å². The van der Waals surface area contributed by atoms with E-state index < -0.39 is 0 Å². The van der Waals surface area contributed by atoms with Gasteiger partial charge in [-0.05, 0) is 19.1 Å². The first-order valence-corrected chi connectivity index (χ1v) is 5.46. The monoisotopic (exact) mass is 227 g/mol. The van der Waals surface area contributed by atoms with Gasteiger partial charge < -0.3 is 15.0 Å². The van der Waals surface area contributed by atoms with Gasteiger partial charge in [-0.15, -0.1) is 0 Å². The minimum Gasteiger partial charge on any atom is -0.485 e. The number of ether oxygens (including phenoxy) is 1. The van der Waals surface area contributed by atoms with Crippen LogP contribution in [0.25, 0.3) is 11.3 Å². The van der Waals surface area contributed by atoms with Gasteiger partial charge >= 0.3 is 0 Å². The molecular weight excluding hydrogens is 214 g/mol. The SMILES string of the molecule is C=C1COc2cc(-c3cnc(C)[nH]3)ccc2N1. The lowest BCUT2D eigenvalue weighted by molar-refractivity contribution is 0.347. The molecule has 86 valence electrons. The zero-order chi connectivity index (χ0) is 11.8. The largest absolute Gasteiger partial charge is 0.485 e. The first-order chi connectivity index (χ1) is 8.22. The van der Waals surface area contributed by atoms with Gasteiger partial charge in [-0.1, -0.05) is 12.6 Å². The van der Waals surface area contributed by atoms with E-state index in [0.717, 1.165) is 34.2 Å². The highest BCUT2D eigenvalue weighted by Gasteiger charge is 2.13. The minimum atomic E-state index is 0.512. The van der Waals surface area contributed by atoms with Crippen LogP contribution >= 0.6 is 0 Å². The van der Waals surface area contributed by atoms with E-state index in [0.29, 0.717) is 6.61 Å². The van der Waals surface area contributed by atoms with Crippen LogP contribution in [0.5, 0.6) is 5.75 Å². The van der Waals surface area contributed by atoms with Gasteiger partial charge in [-0.3, -0.25) is 0 Å². The molecule has 0 bridgehead atoms. The van der Waals surface area contributed by atoms with E-state index in [1.54, 1.807) is 0 Å². The molecule has 0 unspecified atom stereocenters. The van der Waals surface area contributed by atoms with E-state index in [2.05, 4.69) is 21.9 Å². The molecule has 0 radical (unpaired) electrons. The van der Waals surface area contributed by atoms with Crippen molar-refractivity contribution in [1.29, 1.82) is 0 Å². The predicted octanol–water partition coefficient (Wildman–Crippen LogP) is 2.70. The second-order valence-electron chi connectivity index (χ2n) is 4.11. The maximum absolute atomic E-state index is 5.61. The molecule has 4 nitrogen and oxygen atoms in total. The number of hydrogen-bond acceptors (Lipinski definition) is 3. The molecule has 0 aliphatic carbocycles. The molecule has 0 fully saturated rings. The highest BCUT2D eigenvalue weighted by molar-refractivity contribution is 5.70. The summed E-state index contributed by atoms with van der Waals surface area (Å²) in [4.78, 5) is 7.39. The van der Waals surface area contributed by atoms with Crippen LogP contribution < -0.4 is 10.1 Å². The minimum absolute atomic E-state index is 0.512. The van der Waals surface area contributed by atoms with Crippen LogP contribution in [-0.2, 0) is 0 Å². The zero-order valence-electron chi connectivity index (χ0n) is 9.58. The van der Waals surface area contributed by atoms with Crippen molar-refractivity contribution in [2.75, 3.05) is 11.9 Å². The molecular formula is C13H13N3O. The third-order valence-electron chi connectivity index (χ3n) is 2.71. The fourth-order valence-corrected chi connectivity index (χ4v) is 1.87. The van der Waals surface area contributed by atoms with Crippen molar-refractivity contribution in [3.05, 3.63) is 42.5 Å². The lowest BCUT2D eigenvalue weighted by Gasteiger charge is -2.21. The van der Waals surface area contributed by atoms with Gasteiger partial charge in [-0.2, -0.15) is 0 Å². The van der Waals surface area contributed by atoms with Gasteiger partial charge in [0.2, 0.25) is 0 Å². The molecule has 17 heavy (non-hydrogen) atoms. The summed E-state index contributed by atoms with van der Waals surface area (Å²) >= 11 is 0. The first kappa shape index (κ1) is 9.96. The van der Waals surface area contributed by atoms with Crippen molar-refractivity contribution < 1.29 is 4.74 Å². The fraction of sp³-hybridized carbons (Fsp3) is 0.154. The number of aromatic nitrogens is 2. The van der Waals surface area contributed by atoms with Crippen LogP contribution in [-0.4, -0.2) is 16.6 Å². The van der Waals surface area contributed by atoms with Crippen LogP contribution in [0.3, 0.4) is 0 Å². The molecule has 1 aromatic carbocycles. The molecule has 1 aliphatic heterocycles. The molecule has 0 atom stereocenters. The summed E-state index contributed by atoms with van der Waals surface area (Å²) in [5.74, 6) is 1.76. The number of fused-ring (bicyclic) bond motifs is 1. The third kappa shape index (κ3) is 1.78. The molecule has 1 aliphatic rings. The highest BCUT2D eigenvalue weighted by Crippen LogP contribution is 2.33. The number of nitrogens with one attached hydrogen (secondary N) is 2. The molecule has 0 spiro atoms. The second kappa shape index (κ2) is 3.66. The Morgan fingerprint density at radius 1 is 1.41 bits per heavy atom. The standard InChI is InChI=1S/C13H13N3O/c1-8-7-17-13-5-10(3-4-11(13)15-8)12-6-14-9(2)16-12/h3-6,15H,1,7H2,2H3,(H,14,16). The molecule has 3 rings (SSSR count). The van der Waals surface area contributed by atoms with E-state index >= 15 is 0 Å². The van der Waals surface area contributed by atoms with Crippen molar-refractivity contribution >= 4 is 5.69 Å². The predicted molar refractivity (Wildman–Crippen MR) is 67.0 cm³/mol. The Kier molecular flexibility index (Phi) is 2.14. The number of rotatable bonds is 1. The Balaban J connectivity index is 2.01. The zero-order valence-corrected chi connectivity index (χ0v) is 9.58. The number of H-pyrrole nitrogens is 1. The molecule has 4 heteroatoms. The summed E-state index contributed by atoms with van der Waals surface area (Å²) in [5, 5.41) is 3.20. The average Bonchev–Trinajstić information content (AvgIpc) is 2.75. The number of aromatic amines is 1. The maximum atomic E-state index is 5.61. The fourth-order valence-electron chi connectivity index (χ4n) is 1.87. The topological polar surface area (TPSA) is 49.9 Å². The lowest BCUT2D eigenvalue weighted by Crippen LogP contribution is -2.15. The Bertz CT molecular complexity index is 586. The second-order valence-corrected chi connectivity index (χ2v) is 4.11. The van der Waals surface area contributed by atoms with E-state index in [1.807, 2.05) is 31.3 Å². The molecule has 2 heterocycles. The summed E-state index contributed by atoms with van der Waals surface area (Å²) in [6.45, 7) is 6.29. The number of imidazole rings is 1. The molecule has 0 saturated heterocycles. The molecule has 0 saturated carbocycles. The summed E-state index contributed by atoms with van der Waals surface area (Å²) in [5.41, 5.74) is 3.90. The van der Waals surface area contributed by atoms with Crippen LogP contribution in [0, 0.1) is 6.92 Å². The van der Waals surface area contributed by atoms with Crippen LogP contribution in [0.15, 0.2) is 36.7 Å². The molecule has 2 N–H and O–H groups in total. The van der Waals surface area contributed by atoms with E-state index in [9.17, 15) is 0 Å². The summed E-state index contributed by atoms with van der Waals surface area (Å²) in [6.07, 6.45) is 1.83. The van der Waals surface area contributed by atoms with Gasteiger partial charge in [0.1, 0.15) is 18.2 Å². The summed E-state index contributed by atoms with van der Waals surface area (Å²) < 4.78 is 5.61. The van der Waals surface area contributed by atoms with Crippen molar-refractivity contribution in [2.45, 2.75) is 6.92 Å². The third-order valence-corrected chi connectivity index (χ3v) is 2.71. The van der Waals surface area contributed by atoms with Gasteiger partial charge in [0.15, 0.2) is 0 Å². The van der Waals surface area contributed by atoms with Crippen LogP contribution in [0.2, 0.25) is 0 Å². The van der Waals surface area contributed by atoms with E-state index in [4.69, 9.17) is 4.74 Å². The number of aryl methyl sites for hydroxylation is 1. The normalized spacial score (nSPS) is 13.8. The van der Waals surface area contributed by atoms with E-state index in [-0.39, 0.29) is 0 Å². The van der Waals surface area contributed by atoms with Crippen molar-refractivity contribution in [1.82, 2.24) is 9.97 Å². The Morgan fingerprint density at radius 3 is 3.06 bits per heavy atom. The molecule has 1 aromatic heterocycles. The van der Waals surface area contributed by atoms with Crippen LogP contribution in [0.4, 0.5) is 5.69 Å². The number of hydrogen-bond donors (Lipinski definition) is 2. The molecule has 2 aromatic rings. The number of benzene rings is 1. The lowest BCUT2D eigenvalue weighted by atomic mass is 10.1. The maximum Gasteiger partial charge on any atom is 0.143 e. The van der Waals surface area contributed by atoms with E-state index in [1.165, 1.54) is 0 Å². The highest BCUT2D eigenvalue weighted by atomic mass is 16.5. The van der Waals surface area contributed by atoms with Gasteiger partial charge in [0, 0.05) is 11.3 Å². The van der Waals surface area contributed by atoms with Gasteiger partial charge in [0.25, 0.3) is 0 Å². The number of anilines is 1. The Morgan fingerprint density at radius 2 is 2.29 bits per heavy atom. The summed E-state index contributed by atoms with van der Waals surface area (Å²) in [6, 6.07) is 6.02. The first-order valence-electron chi connectivity index (χ1n) is 5.46. The Labute approximate surface area is 99.3 Å². The smallest absolute Gasteiger partial charge is 0.143 e.